The van der Waals surface area contributed by atoms with Crippen molar-refractivity contribution < 1.29 is 10.0 Å². The molecule has 1 heterocycles. The molecule has 2 unspecified atom stereocenters. The van der Waals surface area contributed by atoms with Gasteiger partial charge in [0.1, 0.15) is 0 Å². The van der Waals surface area contributed by atoms with Crippen LogP contribution in [0.1, 0.15) is 42.9 Å². The van der Waals surface area contributed by atoms with E-state index >= 15 is 0 Å². The Hall–Kier alpha value is -2.13. The molecule has 0 spiro atoms. The van der Waals surface area contributed by atoms with Crippen molar-refractivity contribution in [2.75, 3.05) is 0 Å². The molecule has 120 valence electrons. The summed E-state index contributed by atoms with van der Waals surface area (Å²) in [6.45, 7) is 0. The van der Waals surface area contributed by atoms with Gasteiger partial charge >= 0.3 is 0 Å². The molecule has 1 aliphatic heterocycles. The number of aryl methyl sites for hydroxylation is 1. The van der Waals surface area contributed by atoms with Gasteiger partial charge in [-0.25, -0.2) is 5.06 Å². The second-order valence-corrected chi connectivity index (χ2v) is 6.26. The van der Waals surface area contributed by atoms with E-state index in [2.05, 4.69) is 12.1 Å². The molecule has 0 aromatic heterocycles. The van der Waals surface area contributed by atoms with E-state index in [-0.39, 0.29) is 17.9 Å². The van der Waals surface area contributed by atoms with Gasteiger partial charge in [-0.3, -0.25) is 10.0 Å². The second kappa shape index (κ2) is 7.42. The van der Waals surface area contributed by atoms with Crippen molar-refractivity contribution >= 4 is 5.91 Å². The van der Waals surface area contributed by atoms with Gasteiger partial charge < -0.3 is 0 Å². The Bertz CT molecular complexity index is 625. The number of hydroxylamine groups is 2. The predicted molar refractivity (Wildman–Crippen MR) is 89.9 cm³/mol. The lowest BCUT2D eigenvalue weighted by molar-refractivity contribution is -0.190. The van der Waals surface area contributed by atoms with E-state index in [1.54, 1.807) is 0 Å². The predicted octanol–water partition coefficient (Wildman–Crippen LogP) is 4.38. The Kier molecular flexibility index (Phi) is 5.09. The molecular weight excluding hydrogens is 286 g/mol. The van der Waals surface area contributed by atoms with E-state index in [1.807, 2.05) is 48.5 Å². The van der Waals surface area contributed by atoms with Crippen molar-refractivity contribution in [3.63, 3.8) is 0 Å². The fourth-order valence-electron chi connectivity index (χ4n) is 3.39. The highest BCUT2D eigenvalue weighted by molar-refractivity contribution is 5.79. The zero-order valence-electron chi connectivity index (χ0n) is 13.3. The lowest BCUT2D eigenvalue weighted by Crippen LogP contribution is -2.41. The van der Waals surface area contributed by atoms with Crippen LogP contribution in [0.2, 0.25) is 0 Å². The second-order valence-electron chi connectivity index (χ2n) is 6.26. The molecule has 1 amide bonds. The Morgan fingerprint density at radius 3 is 2.30 bits per heavy atom. The summed E-state index contributed by atoms with van der Waals surface area (Å²) in [5.74, 6) is -0.179. The maximum absolute atomic E-state index is 12.4. The number of nitrogens with zero attached hydrogens (tertiary/aromatic N) is 1. The number of carbonyl (C=O) groups excluding carboxylic acids is 1. The van der Waals surface area contributed by atoms with Crippen molar-refractivity contribution in [2.45, 2.75) is 38.1 Å². The average molecular weight is 309 g/mol. The lowest BCUT2D eigenvalue weighted by atomic mass is 9.86. The molecule has 1 fully saturated rings. The van der Waals surface area contributed by atoms with E-state index in [0.29, 0.717) is 0 Å². The molecule has 0 saturated carbocycles. The molecule has 1 N–H and O–H groups in total. The quantitative estimate of drug-likeness (QED) is 0.833. The van der Waals surface area contributed by atoms with Gasteiger partial charge in [0.25, 0.3) is 0 Å². The van der Waals surface area contributed by atoms with Gasteiger partial charge in [-0.05, 0) is 43.2 Å². The topological polar surface area (TPSA) is 40.5 Å². The third kappa shape index (κ3) is 3.80. The maximum Gasteiger partial charge on any atom is 0.249 e. The Morgan fingerprint density at radius 2 is 1.61 bits per heavy atom. The van der Waals surface area contributed by atoms with Gasteiger partial charge in [0.05, 0.1) is 6.04 Å². The molecule has 2 aromatic carbocycles. The van der Waals surface area contributed by atoms with Crippen molar-refractivity contribution in [1.29, 1.82) is 0 Å². The number of carbonyl (C=O) groups is 1. The van der Waals surface area contributed by atoms with Crippen LogP contribution in [0, 0.1) is 5.92 Å². The molecule has 23 heavy (non-hydrogen) atoms. The molecule has 0 radical (unpaired) electrons. The normalized spacial score (nSPS) is 21.4. The summed E-state index contributed by atoms with van der Waals surface area (Å²) in [5, 5.41) is 11.2. The van der Waals surface area contributed by atoms with Crippen molar-refractivity contribution in [1.82, 2.24) is 5.06 Å². The minimum Gasteiger partial charge on any atom is -0.285 e. The molecule has 2 aromatic rings. The summed E-state index contributed by atoms with van der Waals surface area (Å²) >= 11 is 0. The standard InChI is InChI=1S/C20H23NO2/c22-20-18(13-7-10-16-8-3-1-4-9-16)14-15-19(21(20)23)17-11-5-2-6-12-17/h1-6,8-9,11-12,18-19,23H,7,10,13-15H2. The first-order valence-corrected chi connectivity index (χ1v) is 8.36. The molecule has 3 nitrogen and oxygen atoms in total. The van der Waals surface area contributed by atoms with Gasteiger partial charge in [0.15, 0.2) is 0 Å². The van der Waals surface area contributed by atoms with Gasteiger partial charge in [-0.1, -0.05) is 60.7 Å². The van der Waals surface area contributed by atoms with Crippen LogP contribution in [-0.4, -0.2) is 16.2 Å². The fourth-order valence-corrected chi connectivity index (χ4v) is 3.39. The first kappa shape index (κ1) is 15.8. The molecule has 2 atom stereocenters. The molecular formula is C20H23NO2. The third-order valence-electron chi connectivity index (χ3n) is 4.70. The maximum atomic E-state index is 12.4. The van der Waals surface area contributed by atoms with Gasteiger partial charge in [0, 0.05) is 5.92 Å². The van der Waals surface area contributed by atoms with Crippen LogP contribution in [0.5, 0.6) is 0 Å². The SMILES string of the molecule is O=C1C(CCCc2ccccc2)CCC(c2ccccc2)N1O. The van der Waals surface area contributed by atoms with Crippen LogP contribution in [-0.2, 0) is 11.2 Å². The molecule has 3 heteroatoms. The highest BCUT2D eigenvalue weighted by atomic mass is 16.5. The number of benzene rings is 2. The number of hydrogen-bond donors (Lipinski definition) is 1. The van der Waals surface area contributed by atoms with Crippen molar-refractivity contribution in [3.05, 3.63) is 71.8 Å². The molecule has 0 aliphatic carbocycles. The number of piperidine rings is 1. The van der Waals surface area contributed by atoms with Crippen LogP contribution in [0.25, 0.3) is 0 Å². The third-order valence-corrected chi connectivity index (χ3v) is 4.70. The van der Waals surface area contributed by atoms with E-state index in [0.717, 1.165) is 42.7 Å². The molecule has 1 aliphatic rings. The zero-order valence-corrected chi connectivity index (χ0v) is 13.3. The van der Waals surface area contributed by atoms with Crippen LogP contribution >= 0.6 is 0 Å². The van der Waals surface area contributed by atoms with Crippen LogP contribution < -0.4 is 0 Å². The van der Waals surface area contributed by atoms with E-state index < -0.39 is 0 Å². The summed E-state index contributed by atoms with van der Waals surface area (Å²) in [5.41, 5.74) is 2.31. The van der Waals surface area contributed by atoms with Crippen LogP contribution in [0.4, 0.5) is 0 Å². The summed E-state index contributed by atoms with van der Waals surface area (Å²) in [7, 11) is 0. The molecule has 1 saturated heterocycles. The number of amides is 1. The first-order valence-electron chi connectivity index (χ1n) is 8.36. The Labute approximate surface area is 137 Å². The van der Waals surface area contributed by atoms with E-state index in [4.69, 9.17) is 0 Å². The van der Waals surface area contributed by atoms with Crippen LogP contribution in [0.3, 0.4) is 0 Å². The largest absolute Gasteiger partial charge is 0.285 e. The monoisotopic (exact) mass is 309 g/mol. The van der Waals surface area contributed by atoms with Crippen LogP contribution in [0.15, 0.2) is 60.7 Å². The number of hydrogen-bond acceptors (Lipinski definition) is 2. The van der Waals surface area contributed by atoms with E-state index in [9.17, 15) is 10.0 Å². The Morgan fingerprint density at radius 1 is 0.957 bits per heavy atom. The first-order chi connectivity index (χ1) is 11.3. The van der Waals surface area contributed by atoms with Crippen molar-refractivity contribution in [2.24, 2.45) is 5.92 Å². The highest BCUT2D eigenvalue weighted by Crippen LogP contribution is 2.34. The Balaban J connectivity index is 1.54. The molecule has 3 rings (SSSR count). The summed E-state index contributed by atoms with van der Waals surface area (Å²) in [6, 6.07) is 19.9. The van der Waals surface area contributed by atoms with E-state index in [1.165, 1.54) is 5.56 Å². The van der Waals surface area contributed by atoms with Gasteiger partial charge in [-0.2, -0.15) is 0 Å². The smallest absolute Gasteiger partial charge is 0.249 e. The fraction of sp³-hybridized carbons (Fsp3) is 0.350. The zero-order chi connectivity index (χ0) is 16.1. The minimum atomic E-state index is -0.200. The number of rotatable bonds is 5. The summed E-state index contributed by atoms with van der Waals surface area (Å²) in [6.07, 6.45) is 4.47. The summed E-state index contributed by atoms with van der Waals surface area (Å²) < 4.78 is 0. The lowest BCUT2D eigenvalue weighted by Gasteiger charge is -2.35. The van der Waals surface area contributed by atoms with Crippen molar-refractivity contribution in [3.8, 4) is 0 Å². The average Bonchev–Trinajstić information content (AvgIpc) is 2.60. The summed E-state index contributed by atoms with van der Waals surface area (Å²) in [4.78, 5) is 12.4. The molecule has 0 bridgehead atoms. The van der Waals surface area contributed by atoms with Gasteiger partial charge in [-0.15, -0.1) is 0 Å². The minimum absolute atomic E-state index is 0.0522. The highest BCUT2D eigenvalue weighted by Gasteiger charge is 2.34. The van der Waals surface area contributed by atoms with Gasteiger partial charge in [0.2, 0.25) is 5.91 Å².